The predicted molar refractivity (Wildman–Crippen MR) is 70.2 cm³/mol. The summed E-state index contributed by atoms with van der Waals surface area (Å²) in [5, 5.41) is 13.3. The maximum absolute atomic E-state index is 12.9. The number of amides is 2. The highest BCUT2D eigenvalue weighted by Gasteiger charge is 2.07. The molecule has 2 rings (SSSR count). The number of carboxylic acid groups (broad SMARTS) is 1. The summed E-state index contributed by atoms with van der Waals surface area (Å²) in [6, 6.07) is 4.38. The van der Waals surface area contributed by atoms with E-state index >= 15 is 0 Å². The number of hydrogen-bond acceptors (Lipinski definition) is 3. The van der Waals surface area contributed by atoms with E-state index in [1.165, 1.54) is 12.1 Å². The summed E-state index contributed by atoms with van der Waals surface area (Å²) in [5.41, 5.74) is 0.00245. The van der Waals surface area contributed by atoms with Crippen LogP contribution in [0.2, 0.25) is 0 Å². The number of halogens is 2. The quantitative estimate of drug-likeness (QED) is 0.811. The van der Waals surface area contributed by atoms with Gasteiger partial charge in [-0.05, 0) is 24.3 Å². The molecular formula is C13H9F2N3O3. The van der Waals surface area contributed by atoms with Crippen molar-refractivity contribution in [3.05, 3.63) is 53.9 Å². The van der Waals surface area contributed by atoms with Crippen molar-refractivity contribution in [2.75, 3.05) is 10.6 Å². The van der Waals surface area contributed by atoms with E-state index in [2.05, 4.69) is 15.6 Å². The molecule has 6 nitrogen and oxygen atoms in total. The number of aromatic carboxylic acids is 1. The van der Waals surface area contributed by atoms with Gasteiger partial charge in [0.2, 0.25) is 0 Å². The number of hydrogen-bond donors (Lipinski definition) is 3. The number of aromatic nitrogens is 1. The number of urea groups is 1. The molecule has 0 atom stereocenters. The van der Waals surface area contributed by atoms with E-state index < -0.39 is 23.6 Å². The third-order valence-corrected chi connectivity index (χ3v) is 2.36. The molecule has 0 saturated heterocycles. The number of anilines is 2. The lowest BCUT2D eigenvalue weighted by Gasteiger charge is -2.07. The van der Waals surface area contributed by atoms with Crippen LogP contribution in [0.4, 0.5) is 25.0 Å². The minimum Gasteiger partial charge on any atom is -0.477 e. The van der Waals surface area contributed by atoms with Gasteiger partial charge in [-0.15, -0.1) is 0 Å². The van der Waals surface area contributed by atoms with Crippen LogP contribution < -0.4 is 10.6 Å². The van der Waals surface area contributed by atoms with Crippen LogP contribution in [0.1, 0.15) is 10.5 Å². The number of nitrogens with one attached hydrogen (secondary N) is 2. The Morgan fingerprint density at radius 1 is 1.00 bits per heavy atom. The first-order valence-electron chi connectivity index (χ1n) is 5.67. The molecule has 0 aliphatic carbocycles. The average Bonchev–Trinajstić information content (AvgIpc) is 2.37. The minimum atomic E-state index is -1.19. The Kier molecular flexibility index (Phi) is 4.07. The summed E-state index contributed by atoms with van der Waals surface area (Å²) >= 11 is 0. The maximum Gasteiger partial charge on any atom is 0.354 e. The molecule has 0 aliphatic rings. The van der Waals surface area contributed by atoms with Gasteiger partial charge in [-0.2, -0.15) is 0 Å². The second-order valence-corrected chi connectivity index (χ2v) is 3.97. The molecule has 108 valence electrons. The average molecular weight is 293 g/mol. The van der Waals surface area contributed by atoms with E-state index in [4.69, 9.17) is 5.11 Å². The fourth-order valence-corrected chi connectivity index (χ4v) is 1.51. The molecule has 0 saturated carbocycles. The first-order valence-corrected chi connectivity index (χ1v) is 5.67. The number of carbonyl (C=O) groups excluding carboxylic acids is 1. The zero-order valence-electron chi connectivity index (χ0n) is 10.4. The molecule has 3 N–H and O–H groups in total. The number of carbonyl (C=O) groups is 2. The monoisotopic (exact) mass is 293 g/mol. The van der Waals surface area contributed by atoms with Gasteiger partial charge >= 0.3 is 12.0 Å². The normalized spacial score (nSPS) is 10.0. The second kappa shape index (κ2) is 5.95. The van der Waals surface area contributed by atoms with Crippen molar-refractivity contribution in [2.45, 2.75) is 0 Å². The molecule has 0 radical (unpaired) electrons. The second-order valence-electron chi connectivity index (χ2n) is 3.97. The lowest BCUT2D eigenvalue weighted by Crippen LogP contribution is -2.19. The van der Waals surface area contributed by atoms with Crippen LogP contribution in [0.15, 0.2) is 36.5 Å². The van der Waals surface area contributed by atoms with Crippen molar-refractivity contribution in [2.24, 2.45) is 0 Å². The highest BCUT2D eigenvalue weighted by atomic mass is 19.1. The SMILES string of the molecule is O=C(Nc1ccc(C(=O)O)nc1)Nc1cc(F)cc(F)c1. The molecule has 1 aromatic carbocycles. The summed E-state index contributed by atoms with van der Waals surface area (Å²) in [6.07, 6.45) is 1.15. The Hall–Kier alpha value is -3.03. The third kappa shape index (κ3) is 3.96. The van der Waals surface area contributed by atoms with Gasteiger partial charge < -0.3 is 15.7 Å². The van der Waals surface area contributed by atoms with E-state index in [0.717, 1.165) is 18.3 Å². The largest absolute Gasteiger partial charge is 0.477 e. The molecule has 1 aromatic heterocycles. The highest BCUT2D eigenvalue weighted by molar-refractivity contribution is 5.99. The van der Waals surface area contributed by atoms with E-state index in [1.807, 2.05) is 0 Å². The summed E-state index contributed by atoms with van der Waals surface area (Å²) in [4.78, 5) is 25.8. The van der Waals surface area contributed by atoms with Crippen LogP contribution in [0.3, 0.4) is 0 Å². The first kappa shape index (κ1) is 14.4. The van der Waals surface area contributed by atoms with E-state index in [0.29, 0.717) is 6.07 Å². The number of carboxylic acids is 1. The number of nitrogens with zero attached hydrogens (tertiary/aromatic N) is 1. The summed E-state index contributed by atoms with van der Waals surface area (Å²) < 4.78 is 25.9. The van der Waals surface area contributed by atoms with Gasteiger partial charge in [-0.3, -0.25) is 0 Å². The van der Waals surface area contributed by atoms with Gasteiger partial charge in [-0.25, -0.2) is 23.4 Å². The molecule has 0 aliphatic heterocycles. The molecule has 2 aromatic rings. The first-order chi connectivity index (χ1) is 9.94. The van der Waals surface area contributed by atoms with E-state index in [9.17, 15) is 18.4 Å². The van der Waals surface area contributed by atoms with E-state index in [-0.39, 0.29) is 17.1 Å². The van der Waals surface area contributed by atoms with E-state index in [1.54, 1.807) is 0 Å². The predicted octanol–water partition coefficient (Wildman–Crippen LogP) is 2.70. The van der Waals surface area contributed by atoms with Crippen molar-refractivity contribution in [3.8, 4) is 0 Å². The Morgan fingerprint density at radius 3 is 2.14 bits per heavy atom. The minimum absolute atomic E-state index is 0.0554. The molecular weight excluding hydrogens is 284 g/mol. The molecule has 1 heterocycles. The van der Waals surface area contributed by atoms with Gasteiger partial charge in [-0.1, -0.05) is 0 Å². The van der Waals surface area contributed by atoms with Crippen LogP contribution in [-0.2, 0) is 0 Å². The third-order valence-electron chi connectivity index (χ3n) is 2.36. The van der Waals surface area contributed by atoms with Crippen LogP contribution >= 0.6 is 0 Å². The van der Waals surface area contributed by atoms with Crippen molar-refractivity contribution < 1.29 is 23.5 Å². The van der Waals surface area contributed by atoms with Crippen molar-refractivity contribution in [1.82, 2.24) is 4.98 Å². The Labute approximate surface area is 117 Å². The fraction of sp³-hybridized carbons (Fsp3) is 0. The smallest absolute Gasteiger partial charge is 0.354 e. The Balaban J connectivity index is 2.02. The number of benzene rings is 1. The van der Waals surface area contributed by atoms with Gasteiger partial charge in [0.15, 0.2) is 0 Å². The molecule has 8 heteroatoms. The number of rotatable bonds is 3. The standard InChI is InChI=1S/C13H9F2N3O3/c14-7-3-8(15)5-10(4-7)18-13(21)17-9-1-2-11(12(19)20)16-6-9/h1-6H,(H,19,20)(H2,17,18,21). The van der Waals surface area contributed by atoms with Gasteiger partial charge in [0.1, 0.15) is 17.3 Å². The van der Waals surface area contributed by atoms with Crippen molar-refractivity contribution >= 4 is 23.4 Å². The van der Waals surface area contributed by atoms with Crippen LogP contribution in [0.25, 0.3) is 0 Å². The topological polar surface area (TPSA) is 91.3 Å². The lowest BCUT2D eigenvalue weighted by molar-refractivity contribution is 0.0690. The molecule has 0 unspecified atom stereocenters. The Morgan fingerprint density at radius 2 is 1.62 bits per heavy atom. The number of pyridine rings is 1. The zero-order chi connectivity index (χ0) is 15.4. The van der Waals surface area contributed by atoms with Gasteiger partial charge in [0.05, 0.1) is 11.9 Å². The van der Waals surface area contributed by atoms with Crippen molar-refractivity contribution in [1.29, 1.82) is 0 Å². The zero-order valence-corrected chi connectivity index (χ0v) is 10.4. The van der Waals surface area contributed by atoms with Crippen LogP contribution in [0, 0.1) is 11.6 Å². The molecule has 21 heavy (non-hydrogen) atoms. The maximum atomic E-state index is 12.9. The van der Waals surface area contributed by atoms with Gasteiger partial charge in [0, 0.05) is 11.8 Å². The molecule has 0 spiro atoms. The molecule has 2 amide bonds. The summed E-state index contributed by atoms with van der Waals surface area (Å²) in [7, 11) is 0. The summed E-state index contributed by atoms with van der Waals surface area (Å²) in [6.45, 7) is 0. The fourth-order valence-electron chi connectivity index (χ4n) is 1.51. The van der Waals surface area contributed by atoms with Crippen LogP contribution in [0.5, 0.6) is 0 Å². The molecule has 0 fully saturated rings. The molecule has 0 bridgehead atoms. The summed E-state index contributed by atoms with van der Waals surface area (Å²) in [5.74, 6) is -2.84. The lowest BCUT2D eigenvalue weighted by atomic mass is 10.3. The van der Waals surface area contributed by atoms with Crippen molar-refractivity contribution in [3.63, 3.8) is 0 Å². The Bertz CT molecular complexity index is 669. The van der Waals surface area contributed by atoms with Gasteiger partial charge in [0.25, 0.3) is 0 Å². The van der Waals surface area contributed by atoms with Crippen LogP contribution in [-0.4, -0.2) is 22.1 Å². The highest BCUT2D eigenvalue weighted by Crippen LogP contribution is 2.13.